The Hall–Kier alpha value is -3.94. The molecule has 8 nitrogen and oxygen atoms in total. The van der Waals surface area contributed by atoms with Crippen molar-refractivity contribution in [3.8, 4) is 11.3 Å². The molecule has 0 fully saturated rings. The van der Waals surface area contributed by atoms with Crippen molar-refractivity contribution in [2.45, 2.75) is 26.4 Å². The van der Waals surface area contributed by atoms with Crippen LogP contribution in [0, 0.1) is 0 Å². The molecule has 8 heteroatoms. The summed E-state index contributed by atoms with van der Waals surface area (Å²) in [7, 11) is 0. The van der Waals surface area contributed by atoms with E-state index >= 15 is 0 Å². The van der Waals surface area contributed by atoms with Crippen LogP contribution >= 0.6 is 0 Å². The Morgan fingerprint density at radius 3 is 2.63 bits per heavy atom. The van der Waals surface area contributed by atoms with Crippen LogP contribution in [0.3, 0.4) is 0 Å². The molecule has 2 aromatic heterocycles. The molecule has 0 saturated carbocycles. The molecule has 2 heterocycles. The largest absolute Gasteiger partial charge is 0.342 e. The van der Waals surface area contributed by atoms with Crippen molar-refractivity contribution < 1.29 is 4.79 Å². The van der Waals surface area contributed by atoms with Crippen molar-refractivity contribution in [2.75, 3.05) is 0 Å². The van der Waals surface area contributed by atoms with Crippen LogP contribution < -0.4 is 16.6 Å². The maximum atomic E-state index is 12.7. The van der Waals surface area contributed by atoms with Crippen LogP contribution in [0.25, 0.3) is 22.2 Å². The van der Waals surface area contributed by atoms with Gasteiger partial charge >= 0.3 is 5.69 Å². The maximum Gasteiger partial charge on any atom is 0.328 e. The number of rotatable bonds is 5. The Balaban J connectivity index is 1.56. The molecule has 4 aromatic rings. The Morgan fingerprint density at radius 2 is 1.90 bits per heavy atom. The van der Waals surface area contributed by atoms with Crippen LogP contribution in [0.4, 0.5) is 0 Å². The summed E-state index contributed by atoms with van der Waals surface area (Å²) in [5.41, 5.74) is 1.67. The highest BCUT2D eigenvalue weighted by Crippen LogP contribution is 2.19. The fourth-order valence-corrected chi connectivity index (χ4v) is 3.35. The van der Waals surface area contributed by atoms with Crippen LogP contribution in [0.1, 0.15) is 36.1 Å². The molecule has 3 N–H and O–H groups in total. The molecule has 0 saturated heterocycles. The van der Waals surface area contributed by atoms with Gasteiger partial charge in [-0.25, -0.2) is 9.78 Å². The zero-order valence-electron chi connectivity index (χ0n) is 16.6. The van der Waals surface area contributed by atoms with Gasteiger partial charge in [0, 0.05) is 12.1 Å². The first-order valence-electron chi connectivity index (χ1n) is 9.66. The highest BCUT2D eigenvalue weighted by Gasteiger charge is 2.16. The van der Waals surface area contributed by atoms with Gasteiger partial charge in [0.15, 0.2) is 0 Å². The average Bonchev–Trinajstić information content (AvgIpc) is 3.25. The molecule has 30 heavy (non-hydrogen) atoms. The van der Waals surface area contributed by atoms with Crippen LogP contribution in [0.2, 0.25) is 0 Å². The fraction of sp³-hybridized carbons (Fsp3) is 0.182. The molecule has 4 rings (SSSR count). The molecular formula is C22H21N5O3. The van der Waals surface area contributed by atoms with Crippen molar-refractivity contribution in [3.63, 3.8) is 0 Å². The maximum absolute atomic E-state index is 12.7. The summed E-state index contributed by atoms with van der Waals surface area (Å²) in [5, 5.41) is 3.25. The fourth-order valence-electron chi connectivity index (χ4n) is 3.35. The van der Waals surface area contributed by atoms with Gasteiger partial charge in [0.25, 0.3) is 11.5 Å². The first-order chi connectivity index (χ1) is 14.5. The molecule has 0 aliphatic rings. The van der Waals surface area contributed by atoms with Gasteiger partial charge in [0.1, 0.15) is 5.82 Å². The molecule has 2 aromatic carbocycles. The second kappa shape index (κ2) is 7.82. The van der Waals surface area contributed by atoms with Gasteiger partial charge in [-0.15, -0.1) is 0 Å². The van der Waals surface area contributed by atoms with E-state index in [4.69, 9.17) is 0 Å². The minimum absolute atomic E-state index is 0.276. The number of benzene rings is 2. The topological polar surface area (TPSA) is 113 Å². The summed E-state index contributed by atoms with van der Waals surface area (Å²) in [5.74, 6) is 0.296. The van der Waals surface area contributed by atoms with Gasteiger partial charge in [-0.1, -0.05) is 30.3 Å². The standard InChI is InChI=1S/C22H21N5O3/c1-3-27-21(29)16-10-9-15(11-17(16)26-22(27)30)20(28)24-13(2)19-23-12-18(25-19)14-7-5-4-6-8-14/h4-13H,3H2,1-2H3,(H,23,25)(H,24,28)(H,26,30). The normalized spacial score (nSPS) is 12.1. The van der Waals surface area contributed by atoms with E-state index < -0.39 is 5.69 Å². The van der Waals surface area contributed by atoms with Crippen molar-refractivity contribution in [1.82, 2.24) is 24.8 Å². The summed E-state index contributed by atoms with van der Waals surface area (Å²) >= 11 is 0. The lowest BCUT2D eigenvalue weighted by atomic mass is 10.1. The summed E-state index contributed by atoms with van der Waals surface area (Å²) in [6.07, 6.45) is 1.73. The van der Waals surface area contributed by atoms with Crippen molar-refractivity contribution in [2.24, 2.45) is 0 Å². The van der Waals surface area contributed by atoms with E-state index in [1.807, 2.05) is 37.3 Å². The minimum Gasteiger partial charge on any atom is -0.342 e. The number of aromatic amines is 2. The number of H-pyrrole nitrogens is 2. The van der Waals surface area contributed by atoms with Gasteiger partial charge < -0.3 is 15.3 Å². The van der Waals surface area contributed by atoms with Crippen molar-refractivity contribution >= 4 is 16.8 Å². The Morgan fingerprint density at radius 1 is 1.13 bits per heavy atom. The molecule has 1 unspecified atom stereocenters. The molecule has 0 aliphatic heterocycles. The number of nitrogens with one attached hydrogen (secondary N) is 3. The number of carbonyl (C=O) groups excluding carboxylic acids is 1. The number of imidazole rings is 1. The van der Waals surface area contributed by atoms with Gasteiger partial charge in [0.05, 0.1) is 28.8 Å². The van der Waals surface area contributed by atoms with E-state index in [1.54, 1.807) is 25.3 Å². The number of amides is 1. The van der Waals surface area contributed by atoms with Gasteiger partial charge in [0.2, 0.25) is 0 Å². The monoisotopic (exact) mass is 403 g/mol. The van der Waals surface area contributed by atoms with Gasteiger partial charge in [-0.2, -0.15) is 0 Å². The molecule has 0 spiro atoms. The SMILES string of the molecule is CCn1c(=O)[nH]c2cc(C(=O)NC(C)c3ncc(-c4ccccc4)[nH]3)ccc2c1=O. The number of hydrogen-bond donors (Lipinski definition) is 3. The van der Waals surface area contributed by atoms with Crippen molar-refractivity contribution in [1.29, 1.82) is 0 Å². The van der Waals surface area contributed by atoms with E-state index in [2.05, 4.69) is 20.3 Å². The van der Waals surface area contributed by atoms with E-state index in [0.717, 1.165) is 15.8 Å². The van der Waals surface area contributed by atoms with Gasteiger partial charge in [-0.3, -0.25) is 14.2 Å². The number of carbonyl (C=O) groups is 1. The van der Waals surface area contributed by atoms with E-state index in [9.17, 15) is 14.4 Å². The summed E-state index contributed by atoms with van der Waals surface area (Å²) < 4.78 is 1.12. The van der Waals surface area contributed by atoms with Crippen LogP contribution in [-0.4, -0.2) is 25.4 Å². The van der Waals surface area contributed by atoms with Crippen molar-refractivity contribution in [3.05, 3.63) is 87.0 Å². The lowest BCUT2D eigenvalue weighted by Crippen LogP contribution is -2.34. The number of nitrogens with zero attached hydrogens (tertiary/aromatic N) is 2. The van der Waals surface area contributed by atoms with Crippen LogP contribution in [0.5, 0.6) is 0 Å². The first-order valence-corrected chi connectivity index (χ1v) is 9.66. The van der Waals surface area contributed by atoms with Gasteiger partial charge in [-0.05, 0) is 37.6 Å². The highest BCUT2D eigenvalue weighted by atomic mass is 16.2. The second-order valence-corrected chi connectivity index (χ2v) is 6.98. The average molecular weight is 403 g/mol. The lowest BCUT2D eigenvalue weighted by Gasteiger charge is -2.12. The summed E-state index contributed by atoms with van der Waals surface area (Å²) in [6.45, 7) is 3.83. The van der Waals surface area contributed by atoms with Crippen LogP contribution in [-0.2, 0) is 6.54 Å². The predicted octanol–water partition coefficient (Wildman–Crippen LogP) is 2.59. The zero-order valence-corrected chi connectivity index (χ0v) is 16.6. The van der Waals surface area contributed by atoms with Crippen LogP contribution in [0.15, 0.2) is 64.3 Å². The second-order valence-electron chi connectivity index (χ2n) is 6.98. The van der Waals surface area contributed by atoms with E-state index in [0.29, 0.717) is 22.3 Å². The Kier molecular flexibility index (Phi) is 5.05. The molecule has 0 aliphatic carbocycles. The molecule has 1 atom stereocenters. The number of fused-ring (bicyclic) bond motifs is 1. The third-order valence-electron chi connectivity index (χ3n) is 5.00. The number of hydrogen-bond acceptors (Lipinski definition) is 4. The zero-order chi connectivity index (χ0) is 21.3. The predicted molar refractivity (Wildman–Crippen MR) is 114 cm³/mol. The molecule has 0 bridgehead atoms. The van der Waals surface area contributed by atoms with E-state index in [-0.39, 0.29) is 24.1 Å². The molecule has 0 radical (unpaired) electrons. The lowest BCUT2D eigenvalue weighted by molar-refractivity contribution is 0.0938. The Bertz CT molecular complexity index is 1330. The minimum atomic E-state index is -0.495. The number of aromatic nitrogens is 4. The molecule has 152 valence electrons. The summed E-state index contributed by atoms with van der Waals surface area (Å²) in [6, 6.07) is 14.1. The summed E-state index contributed by atoms with van der Waals surface area (Å²) in [4.78, 5) is 47.4. The highest BCUT2D eigenvalue weighted by molar-refractivity contribution is 5.97. The molecular weight excluding hydrogens is 382 g/mol. The first kappa shape index (κ1) is 19.4. The van der Waals surface area contributed by atoms with E-state index in [1.165, 1.54) is 6.07 Å². The third-order valence-corrected chi connectivity index (χ3v) is 5.00. The smallest absolute Gasteiger partial charge is 0.328 e. The molecule has 1 amide bonds. The third kappa shape index (κ3) is 3.55. The quantitative estimate of drug-likeness (QED) is 0.475. The Labute approximate surface area is 171 Å².